The van der Waals surface area contributed by atoms with Gasteiger partial charge in [0, 0.05) is 23.7 Å². The molecular formula is C22H25ClFN2O10P. The van der Waals surface area contributed by atoms with Gasteiger partial charge in [0.25, 0.3) is 5.56 Å². The standard InChI is InChI=1S/C22H25ClFN2O10P/c1-3-31-21(29)35-18-16(34-19(22(18,2)24)26-9-7-17(27)25-20(26)28)12-33-37(30)32-10-8-15(36-37)13-5-4-6-14(23)11-13/h4-7,9,11,15-16,18-19H,3,8,10,12H2,1-2H3,(H,25,27,28)/t15-,16+,18+,19+,22+,37?/m0/s1. The van der Waals surface area contributed by atoms with Gasteiger partial charge in [-0.15, -0.1) is 0 Å². The Morgan fingerprint density at radius 1 is 1.35 bits per heavy atom. The second-order valence-corrected chi connectivity index (χ2v) is 10.5. The zero-order valence-electron chi connectivity index (χ0n) is 19.8. The van der Waals surface area contributed by atoms with E-state index in [0.29, 0.717) is 17.0 Å². The second-order valence-electron chi connectivity index (χ2n) is 8.43. The molecule has 3 heterocycles. The van der Waals surface area contributed by atoms with E-state index in [0.717, 1.165) is 23.8 Å². The first kappa shape index (κ1) is 27.5. The van der Waals surface area contributed by atoms with E-state index in [-0.39, 0.29) is 13.2 Å². The van der Waals surface area contributed by atoms with E-state index < -0.39 is 62.0 Å². The number of H-pyrrole nitrogens is 1. The quantitative estimate of drug-likeness (QED) is 0.392. The molecule has 2 aliphatic rings. The molecule has 37 heavy (non-hydrogen) atoms. The summed E-state index contributed by atoms with van der Waals surface area (Å²) in [6.45, 7) is 1.98. The summed E-state index contributed by atoms with van der Waals surface area (Å²) in [5.41, 5.74) is -3.49. The fourth-order valence-corrected chi connectivity index (χ4v) is 5.67. The van der Waals surface area contributed by atoms with Crippen LogP contribution in [0, 0.1) is 0 Å². The largest absolute Gasteiger partial charge is 0.508 e. The van der Waals surface area contributed by atoms with Crippen molar-refractivity contribution in [2.45, 2.75) is 50.5 Å². The zero-order valence-corrected chi connectivity index (χ0v) is 21.5. The van der Waals surface area contributed by atoms with Gasteiger partial charge in [0.15, 0.2) is 18.0 Å². The summed E-state index contributed by atoms with van der Waals surface area (Å²) in [5.74, 6) is 0. The molecule has 0 amide bonds. The van der Waals surface area contributed by atoms with Crippen LogP contribution in [-0.4, -0.2) is 53.4 Å². The Balaban J connectivity index is 1.55. The van der Waals surface area contributed by atoms with Crippen molar-refractivity contribution in [3.63, 3.8) is 0 Å². The number of phosphoric acid groups is 1. The topological polar surface area (TPSA) is 144 Å². The van der Waals surface area contributed by atoms with E-state index in [1.54, 1.807) is 24.3 Å². The van der Waals surface area contributed by atoms with Gasteiger partial charge in [-0.3, -0.25) is 27.9 Å². The van der Waals surface area contributed by atoms with Crippen molar-refractivity contribution in [2.24, 2.45) is 0 Å². The van der Waals surface area contributed by atoms with E-state index in [2.05, 4.69) is 0 Å². The van der Waals surface area contributed by atoms with E-state index >= 15 is 4.39 Å². The third kappa shape index (κ3) is 6.14. The molecule has 0 bridgehead atoms. The molecule has 1 N–H and O–H groups in total. The fourth-order valence-electron chi connectivity index (χ4n) is 4.07. The first-order valence-corrected chi connectivity index (χ1v) is 13.2. The van der Waals surface area contributed by atoms with Gasteiger partial charge >= 0.3 is 19.7 Å². The van der Waals surface area contributed by atoms with Crippen LogP contribution < -0.4 is 11.2 Å². The number of hydrogen-bond donors (Lipinski definition) is 1. The molecule has 6 atom stereocenters. The minimum atomic E-state index is -4.16. The SMILES string of the molecule is CCOC(=O)O[C@@H]1[C@@H](COP2(=O)OCC[C@@H](c3cccc(Cl)c3)O2)O[C@@H](n2ccc(=O)[nH]c2=O)[C@]1(C)F. The number of aromatic amines is 1. The Hall–Kier alpha value is -2.54. The van der Waals surface area contributed by atoms with Gasteiger partial charge < -0.3 is 14.2 Å². The van der Waals surface area contributed by atoms with Crippen LogP contribution >= 0.6 is 19.4 Å². The molecule has 1 unspecified atom stereocenters. The molecular weight excluding hydrogens is 538 g/mol. The molecule has 0 radical (unpaired) electrons. The molecule has 1 aromatic heterocycles. The van der Waals surface area contributed by atoms with Crippen molar-refractivity contribution in [1.82, 2.24) is 9.55 Å². The maximum atomic E-state index is 16.0. The molecule has 0 saturated carbocycles. The number of carbonyl (C=O) groups excluding carboxylic acids is 1. The van der Waals surface area contributed by atoms with Crippen molar-refractivity contribution < 1.29 is 41.5 Å². The molecule has 2 aromatic rings. The minimum absolute atomic E-state index is 0.0405. The number of halogens is 2. The highest BCUT2D eigenvalue weighted by Crippen LogP contribution is 2.57. The van der Waals surface area contributed by atoms with Gasteiger partial charge in [-0.2, -0.15) is 0 Å². The summed E-state index contributed by atoms with van der Waals surface area (Å²) in [4.78, 5) is 37.8. The Labute approximate surface area is 215 Å². The predicted octanol–water partition coefficient (Wildman–Crippen LogP) is 3.66. The van der Waals surface area contributed by atoms with Crippen LogP contribution in [-0.2, 0) is 32.3 Å². The van der Waals surface area contributed by atoms with Crippen LogP contribution in [0.25, 0.3) is 0 Å². The van der Waals surface area contributed by atoms with Crippen LogP contribution in [0.15, 0.2) is 46.1 Å². The lowest BCUT2D eigenvalue weighted by atomic mass is 9.98. The lowest BCUT2D eigenvalue weighted by Crippen LogP contribution is -2.46. The highest BCUT2D eigenvalue weighted by atomic mass is 35.5. The molecule has 15 heteroatoms. The van der Waals surface area contributed by atoms with E-state index in [9.17, 15) is 18.9 Å². The van der Waals surface area contributed by atoms with Gasteiger partial charge in [0.05, 0.1) is 25.9 Å². The van der Waals surface area contributed by atoms with Gasteiger partial charge in [-0.05, 0) is 31.5 Å². The summed E-state index contributed by atoms with van der Waals surface area (Å²) in [7, 11) is -4.16. The van der Waals surface area contributed by atoms with Crippen molar-refractivity contribution in [1.29, 1.82) is 0 Å². The average molecular weight is 563 g/mol. The summed E-state index contributed by atoms with van der Waals surface area (Å²) >= 11 is 6.04. The number of rotatable bonds is 7. The van der Waals surface area contributed by atoms with Crippen molar-refractivity contribution in [3.8, 4) is 0 Å². The highest BCUT2D eigenvalue weighted by molar-refractivity contribution is 7.48. The van der Waals surface area contributed by atoms with Crippen LogP contribution in [0.3, 0.4) is 0 Å². The molecule has 12 nitrogen and oxygen atoms in total. The number of nitrogens with one attached hydrogen (secondary N) is 1. The summed E-state index contributed by atoms with van der Waals surface area (Å²) < 4.78 is 62.0. The van der Waals surface area contributed by atoms with Crippen LogP contribution in [0.5, 0.6) is 0 Å². The second kappa shape index (κ2) is 11.1. The van der Waals surface area contributed by atoms with E-state index in [1.807, 2.05) is 4.98 Å². The molecule has 0 aliphatic carbocycles. The molecule has 2 fully saturated rings. The maximum Gasteiger partial charge on any atom is 0.508 e. The molecule has 2 saturated heterocycles. The fraction of sp³-hybridized carbons (Fsp3) is 0.500. The third-order valence-electron chi connectivity index (χ3n) is 5.77. The Bertz CT molecular complexity index is 1300. The first-order valence-electron chi connectivity index (χ1n) is 11.3. The smallest absolute Gasteiger partial charge is 0.435 e. The lowest BCUT2D eigenvalue weighted by Gasteiger charge is -2.30. The van der Waals surface area contributed by atoms with E-state index in [1.165, 1.54) is 6.92 Å². The number of alkyl halides is 1. The number of nitrogens with zero attached hydrogens (tertiary/aromatic N) is 1. The number of benzene rings is 1. The predicted molar refractivity (Wildman–Crippen MR) is 126 cm³/mol. The van der Waals surface area contributed by atoms with Gasteiger partial charge in [0.2, 0.25) is 0 Å². The number of carbonyl (C=O) groups is 1. The molecule has 202 valence electrons. The Morgan fingerprint density at radius 2 is 2.14 bits per heavy atom. The minimum Gasteiger partial charge on any atom is -0.435 e. The normalized spacial score (nSPS) is 31.7. The number of phosphoric ester groups is 1. The lowest BCUT2D eigenvalue weighted by molar-refractivity contribution is -0.0662. The molecule has 0 spiro atoms. The maximum absolute atomic E-state index is 16.0. The number of hydrogen-bond acceptors (Lipinski definition) is 10. The molecule has 2 aliphatic heterocycles. The molecule has 4 rings (SSSR count). The van der Waals surface area contributed by atoms with Crippen molar-refractivity contribution in [3.05, 3.63) is 68.0 Å². The van der Waals surface area contributed by atoms with Crippen molar-refractivity contribution in [2.75, 3.05) is 19.8 Å². The Morgan fingerprint density at radius 3 is 2.84 bits per heavy atom. The van der Waals surface area contributed by atoms with Gasteiger partial charge in [0.1, 0.15) is 6.10 Å². The summed E-state index contributed by atoms with van der Waals surface area (Å²) in [5, 5.41) is 0.465. The number of ether oxygens (including phenoxy) is 3. The average Bonchev–Trinajstić information content (AvgIpc) is 3.07. The van der Waals surface area contributed by atoms with Crippen molar-refractivity contribution >= 4 is 25.6 Å². The number of aromatic nitrogens is 2. The third-order valence-corrected chi connectivity index (χ3v) is 7.48. The van der Waals surface area contributed by atoms with E-state index in [4.69, 9.17) is 39.4 Å². The highest BCUT2D eigenvalue weighted by Gasteiger charge is 2.59. The van der Waals surface area contributed by atoms with Gasteiger partial charge in [-0.25, -0.2) is 18.5 Å². The first-order chi connectivity index (χ1) is 17.5. The Kier molecular flexibility index (Phi) is 8.22. The monoisotopic (exact) mass is 562 g/mol. The van der Waals surface area contributed by atoms with Crippen LogP contribution in [0.2, 0.25) is 5.02 Å². The van der Waals surface area contributed by atoms with Gasteiger partial charge in [-0.1, -0.05) is 23.7 Å². The van der Waals surface area contributed by atoms with Crippen LogP contribution in [0.1, 0.15) is 38.2 Å². The molecule has 1 aromatic carbocycles. The summed E-state index contributed by atoms with van der Waals surface area (Å²) in [6, 6.07) is 7.80. The van der Waals surface area contributed by atoms with Crippen LogP contribution in [0.4, 0.5) is 9.18 Å². The summed E-state index contributed by atoms with van der Waals surface area (Å²) in [6.07, 6.45) is -5.08. The zero-order chi connectivity index (χ0) is 26.8.